The van der Waals surface area contributed by atoms with Gasteiger partial charge in [-0.1, -0.05) is 219 Å². The molecule has 8 heteroatoms. The largest absolute Gasteiger partial charge is 0.311 e. The molecule has 0 bridgehead atoms. The van der Waals surface area contributed by atoms with Crippen LogP contribution in [0.25, 0.3) is 0 Å². The van der Waals surface area contributed by atoms with Gasteiger partial charge < -0.3 is 29.4 Å². The molecule has 2 aliphatic carbocycles. The Labute approximate surface area is 602 Å². The molecule has 0 radical (unpaired) electrons. The van der Waals surface area contributed by atoms with Crippen molar-refractivity contribution >= 4 is 149 Å². The molecule has 6 aliphatic rings. The second-order valence-electron chi connectivity index (χ2n) is 31.8. The van der Waals surface area contributed by atoms with E-state index in [1.165, 1.54) is 77.8 Å². The van der Waals surface area contributed by atoms with Gasteiger partial charge >= 0.3 is 0 Å². The van der Waals surface area contributed by atoms with Crippen LogP contribution in [0.4, 0.5) is 102 Å². The maximum absolute atomic E-state index is 2.73. The Kier molecular flexibility index (Phi) is 14.0. The average Bonchev–Trinajstić information content (AvgIpc) is 0.680. The minimum absolute atomic E-state index is 0.0303. The van der Waals surface area contributed by atoms with E-state index in [1.54, 1.807) is 0 Å². The van der Waals surface area contributed by atoms with Crippen LogP contribution in [0.2, 0.25) is 0 Å². The summed E-state index contributed by atoms with van der Waals surface area (Å²) in [6, 6.07) is 115. The summed E-state index contributed by atoms with van der Waals surface area (Å²) in [5.41, 5.74) is 33.8. The Balaban J connectivity index is 0.960. The van der Waals surface area contributed by atoms with E-state index in [4.69, 9.17) is 0 Å². The molecule has 0 atom stereocenters. The van der Waals surface area contributed by atoms with Crippen molar-refractivity contribution in [1.82, 2.24) is 0 Å². The van der Waals surface area contributed by atoms with Crippen LogP contribution in [0.15, 0.2) is 303 Å². The summed E-state index contributed by atoms with van der Waals surface area (Å²) in [6.07, 6.45) is 4.49. The van der Waals surface area contributed by atoms with Gasteiger partial charge in [0.1, 0.15) is 0 Å². The molecule has 0 amide bonds. The van der Waals surface area contributed by atoms with E-state index in [1.807, 2.05) is 0 Å². The number of fused-ring (bicyclic) bond motifs is 10. The van der Waals surface area contributed by atoms with Crippen LogP contribution in [-0.4, -0.2) is 13.4 Å². The highest BCUT2D eigenvalue weighted by Gasteiger charge is 2.51. The molecule has 0 saturated carbocycles. The molecule has 0 fully saturated rings. The van der Waals surface area contributed by atoms with Crippen LogP contribution in [0.3, 0.4) is 0 Å². The van der Waals surface area contributed by atoms with Gasteiger partial charge in [0.15, 0.2) is 0 Å². The number of hydrogen-bond acceptors (Lipinski definition) is 6. The van der Waals surface area contributed by atoms with Crippen molar-refractivity contribution in [3.05, 3.63) is 326 Å². The zero-order valence-corrected chi connectivity index (χ0v) is 59.5. The van der Waals surface area contributed by atoms with Gasteiger partial charge in [0.05, 0.1) is 11.4 Å². The van der Waals surface area contributed by atoms with Crippen LogP contribution in [-0.2, 0) is 21.7 Å². The highest BCUT2D eigenvalue weighted by molar-refractivity contribution is 7.03. The first kappa shape index (κ1) is 61.8. The lowest BCUT2D eigenvalue weighted by Crippen LogP contribution is -2.65. The highest BCUT2D eigenvalue weighted by Crippen LogP contribution is 2.56. The molecule has 13 aromatic carbocycles. The van der Waals surface area contributed by atoms with E-state index in [9.17, 15) is 0 Å². The van der Waals surface area contributed by atoms with Gasteiger partial charge in [-0.25, -0.2) is 0 Å². The first-order valence-corrected chi connectivity index (χ1v) is 36.7. The van der Waals surface area contributed by atoms with Gasteiger partial charge in [-0.3, -0.25) is 0 Å². The molecule has 494 valence electrons. The molecular weight excluding hydrogens is 1230 g/mol. The number of para-hydroxylation sites is 8. The maximum atomic E-state index is 2.73. The second-order valence-corrected chi connectivity index (χ2v) is 31.8. The predicted molar refractivity (Wildman–Crippen MR) is 434 cm³/mol. The first-order valence-electron chi connectivity index (χ1n) is 36.7. The summed E-state index contributed by atoms with van der Waals surface area (Å²) >= 11 is 0. The SMILES string of the molecule is CC1(C)CCC(C)(C)c2cc(N3c4cc5c(cc4B4c6cc7c(cc6N(c6ccccc6)c6cc(N(c8ccccc8)c8ccccc8)cc3c64)N(c3ccccc3)c3cc(N(c4ccccc4)c4ccccc4)cc4c3B7c3ccccc3N4c3ccccc3)C(C)(C)CCC5(C)C)ccc21. The summed E-state index contributed by atoms with van der Waals surface area (Å²) in [5.74, 6) is 0. The molecule has 4 aliphatic heterocycles. The van der Waals surface area contributed by atoms with Gasteiger partial charge in [-0.2, -0.15) is 0 Å². The van der Waals surface area contributed by atoms with Gasteiger partial charge in [0, 0.05) is 91.0 Å². The van der Waals surface area contributed by atoms with Gasteiger partial charge in [0.2, 0.25) is 0 Å². The fourth-order valence-corrected chi connectivity index (χ4v) is 18.5. The predicted octanol–water partition coefficient (Wildman–Crippen LogP) is 21.5. The molecule has 0 aromatic heterocycles. The topological polar surface area (TPSA) is 19.4 Å². The smallest absolute Gasteiger partial charge is 0.252 e. The minimum Gasteiger partial charge on any atom is -0.311 e. The molecule has 0 spiro atoms. The van der Waals surface area contributed by atoms with Crippen LogP contribution in [0.5, 0.6) is 0 Å². The van der Waals surface area contributed by atoms with Crippen LogP contribution < -0.4 is 62.2 Å². The lowest BCUT2D eigenvalue weighted by molar-refractivity contribution is 0.332. The number of anilines is 18. The lowest BCUT2D eigenvalue weighted by atomic mass is 9.30. The average molecular weight is 1320 g/mol. The van der Waals surface area contributed by atoms with E-state index in [-0.39, 0.29) is 35.1 Å². The fourth-order valence-electron chi connectivity index (χ4n) is 18.5. The van der Waals surface area contributed by atoms with Crippen molar-refractivity contribution in [1.29, 1.82) is 0 Å². The Morgan fingerprint density at radius 1 is 0.225 bits per heavy atom. The zero-order chi connectivity index (χ0) is 69.0. The number of benzene rings is 13. The van der Waals surface area contributed by atoms with Crippen LogP contribution >= 0.6 is 0 Å². The number of nitrogens with zero attached hydrogens (tertiary/aromatic N) is 6. The Morgan fingerprint density at radius 2 is 0.529 bits per heavy atom. The molecule has 4 heterocycles. The van der Waals surface area contributed by atoms with Crippen molar-refractivity contribution < 1.29 is 0 Å². The van der Waals surface area contributed by atoms with Gasteiger partial charge in [-0.05, 0) is 242 Å². The van der Waals surface area contributed by atoms with E-state index in [2.05, 4.69) is 388 Å². The summed E-state index contributed by atoms with van der Waals surface area (Å²) in [4.78, 5) is 15.5. The quantitative estimate of drug-likeness (QED) is 0.126. The zero-order valence-electron chi connectivity index (χ0n) is 59.5. The summed E-state index contributed by atoms with van der Waals surface area (Å²) in [5, 5.41) is 0. The second kappa shape index (κ2) is 23.2. The lowest BCUT2D eigenvalue weighted by Gasteiger charge is -2.49. The molecule has 13 aromatic rings. The third-order valence-electron chi connectivity index (χ3n) is 23.8. The maximum Gasteiger partial charge on any atom is 0.252 e. The van der Waals surface area contributed by atoms with Gasteiger partial charge in [0.25, 0.3) is 13.4 Å². The summed E-state index contributed by atoms with van der Waals surface area (Å²) in [7, 11) is 0. The molecular formula is C94H82B2N6. The third kappa shape index (κ3) is 9.61. The highest BCUT2D eigenvalue weighted by atomic mass is 15.2. The normalized spacial score (nSPS) is 16.3. The van der Waals surface area contributed by atoms with Crippen LogP contribution in [0, 0.1) is 0 Å². The Hall–Kier alpha value is -11.2. The van der Waals surface area contributed by atoms with E-state index < -0.39 is 0 Å². The molecule has 102 heavy (non-hydrogen) atoms. The van der Waals surface area contributed by atoms with E-state index in [0.29, 0.717) is 0 Å². The van der Waals surface area contributed by atoms with Crippen LogP contribution in [0.1, 0.15) is 103 Å². The van der Waals surface area contributed by atoms with Crippen molar-refractivity contribution in [2.45, 2.75) is 103 Å². The number of hydrogen-bond donors (Lipinski definition) is 0. The fraction of sp³-hybridized carbons (Fsp3) is 0.170. The van der Waals surface area contributed by atoms with Gasteiger partial charge in [-0.15, -0.1) is 0 Å². The molecule has 19 rings (SSSR count). The van der Waals surface area contributed by atoms with Crippen molar-refractivity contribution in [2.24, 2.45) is 0 Å². The van der Waals surface area contributed by atoms with E-state index >= 15 is 0 Å². The summed E-state index contributed by atoms with van der Waals surface area (Å²) in [6.45, 7) is 19.5. The third-order valence-corrected chi connectivity index (χ3v) is 23.8. The molecule has 0 saturated heterocycles. The molecule has 0 unspecified atom stereocenters. The summed E-state index contributed by atoms with van der Waals surface area (Å²) < 4.78 is 0. The molecule has 0 N–H and O–H groups in total. The monoisotopic (exact) mass is 1320 g/mol. The van der Waals surface area contributed by atoms with Crippen molar-refractivity contribution in [3.63, 3.8) is 0 Å². The Bertz CT molecular complexity index is 5370. The van der Waals surface area contributed by atoms with Crippen molar-refractivity contribution in [2.75, 3.05) is 29.4 Å². The van der Waals surface area contributed by atoms with E-state index in [0.717, 1.165) is 105 Å². The first-order chi connectivity index (χ1) is 49.6. The molecule has 6 nitrogen and oxygen atoms in total. The van der Waals surface area contributed by atoms with Crippen molar-refractivity contribution in [3.8, 4) is 0 Å². The number of rotatable bonds is 10. The Morgan fingerprint density at radius 3 is 0.941 bits per heavy atom. The minimum atomic E-state index is -0.199. The standard InChI is InChI=1S/C94H82B2N6/c1-91(2)50-51-92(3,4)74-54-70(48-49-73(74)91)102-82-60-76-75(93(5,6)52-53-94(76,7)8)59-78(82)96-80-61-79-83(62-84(80)101(69-44-28-15-29-45-69)87-57-72(58-88(102)90(87)96)98(65-36-20-11-21-37-65)66-38-22-12-23-39-66)100(68-42-26-14-27-43-68)86-56-71(97(63-32-16-9-17-33-63)64-34-18-10-19-35-64)55-85-89(86)95(79)77-46-30-31-47-81(77)99(85)67-40-24-13-25-41-67/h9-49,54-62H,50-53H2,1-8H3.